The van der Waals surface area contributed by atoms with Gasteiger partial charge in [-0.25, -0.2) is 9.18 Å². The second kappa shape index (κ2) is 9.18. The van der Waals surface area contributed by atoms with Gasteiger partial charge < -0.3 is 19.2 Å². The normalized spacial score (nSPS) is 10.4. The third-order valence-corrected chi connectivity index (χ3v) is 4.02. The second-order valence-corrected chi connectivity index (χ2v) is 6.53. The van der Waals surface area contributed by atoms with E-state index in [0.29, 0.717) is 16.0 Å². The third-order valence-electron chi connectivity index (χ3n) is 3.53. The van der Waals surface area contributed by atoms with Gasteiger partial charge in [-0.05, 0) is 42.5 Å². The van der Waals surface area contributed by atoms with Gasteiger partial charge in [0.25, 0.3) is 5.91 Å². The summed E-state index contributed by atoms with van der Waals surface area (Å²) in [7, 11) is 0. The number of halogens is 2. The maximum atomic E-state index is 13.7. The molecule has 1 amide bonds. The van der Waals surface area contributed by atoms with E-state index >= 15 is 0 Å². The average Bonchev–Trinajstić information content (AvgIpc) is 3.17. The van der Waals surface area contributed by atoms with Crippen LogP contribution in [-0.2, 0) is 16.1 Å². The van der Waals surface area contributed by atoms with Crippen molar-refractivity contribution in [3.05, 3.63) is 82.5 Å². The second-order valence-electron chi connectivity index (χ2n) is 5.62. The number of hydrogen-bond donors (Lipinski definition) is 1. The van der Waals surface area contributed by atoms with Crippen LogP contribution in [0.5, 0.6) is 5.75 Å². The Morgan fingerprint density at radius 3 is 2.61 bits per heavy atom. The van der Waals surface area contributed by atoms with E-state index < -0.39 is 24.3 Å². The molecule has 0 aliphatic heterocycles. The molecule has 0 spiro atoms. The Morgan fingerprint density at radius 2 is 1.86 bits per heavy atom. The molecule has 0 bridgehead atoms. The van der Waals surface area contributed by atoms with Crippen molar-refractivity contribution in [3.8, 4) is 5.75 Å². The van der Waals surface area contributed by atoms with Gasteiger partial charge in [0.2, 0.25) is 5.76 Å². The lowest BCUT2D eigenvalue weighted by Gasteiger charge is -2.07. The summed E-state index contributed by atoms with van der Waals surface area (Å²) in [6.45, 7) is -0.439. The zero-order valence-electron chi connectivity index (χ0n) is 14.5. The van der Waals surface area contributed by atoms with E-state index in [9.17, 15) is 14.0 Å². The first-order valence-electron chi connectivity index (χ1n) is 8.20. The molecule has 0 atom stereocenters. The molecule has 0 aliphatic rings. The summed E-state index contributed by atoms with van der Waals surface area (Å²) in [4.78, 5) is 23.8. The minimum atomic E-state index is -0.808. The number of carbonyl (C=O) groups excluding carboxylic acids is 2. The lowest BCUT2D eigenvalue weighted by Crippen LogP contribution is -2.21. The first-order valence-corrected chi connectivity index (χ1v) is 8.99. The number of esters is 1. The van der Waals surface area contributed by atoms with E-state index in [1.807, 2.05) is 18.2 Å². The molecule has 0 saturated heterocycles. The molecular formula is C20H15BrFNO5. The fraction of sp³-hybridized carbons (Fsp3) is 0.100. The highest BCUT2D eigenvalue weighted by atomic mass is 79.9. The lowest BCUT2D eigenvalue weighted by atomic mass is 10.3. The van der Waals surface area contributed by atoms with Gasteiger partial charge in [0.05, 0.1) is 5.69 Å². The molecule has 0 aliphatic carbocycles. The van der Waals surface area contributed by atoms with Crippen LogP contribution in [0, 0.1) is 5.82 Å². The molecule has 2 aromatic carbocycles. The molecule has 6 nitrogen and oxygen atoms in total. The largest absolute Gasteiger partial charge is 0.486 e. The smallest absolute Gasteiger partial charge is 0.374 e. The first kappa shape index (κ1) is 19.6. The Bertz CT molecular complexity index is 974. The van der Waals surface area contributed by atoms with Crippen molar-refractivity contribution in [1.29, 1.82) is 0 Å². The maximum absolute atomic E-state index is 13.7. The molecule has 1 heterocycles. The van der Waals surface area contributed by atoms with E-state index in [-0.39, 0.29) is 18.1 Å². The first-order chi connectivity index (χ1) is 13.5. The number of carbonyl (C=O) groups is 2. The SMILES string of the molecule is O=C(COC(=O)c1ccc(COc2ccccc2)o1)Nc1ccc(Br)cc1F. The number of amides is 1. The highest BCUT2D eigenvalue weighted by Crippen LogP contribution is 2.19. The van der Waals surface area contributed by atoms with Gasteiger partial charge in [-0.1, -0.05) is 34.1 Å². The van der Waals surface area contributed by atoms with Crippen LogP contribution in [0.25, 0.3) is 0 Å². The van der Waals surface area contributed by atoms with Crippen molar-refractivity contribution in [2.75, 3.05) is 11.9 Å². The zero-order valence-corrected chi connectivity index (χ0v) is 16.1. The van der Waals surface area contributed by atoms with Crippen molar-refractivity contribution in [1.82, 2.24) is 0 Å². The predicted molar refractivity (Wildman–Crippen MR) is 102 cm³/mol. The molecule has 0 saturated carbocycles. The number of furan rings is 1. The minimum Gasteiger partial charge on any atom is -0.486 e. The number of benzene rings is 2. The molecule has 28 heavy (non-hydrogen) atoms. The molecule has 144 valence electrons. The monoisotopic (exact) mass is 447 g/mol. The Kier molecular flexibility index (Phi) is 6.44. The van der Waals surface area contributed by atoms with Gasteiger partial charge in [-0.3, -0.25) is 4.79 Å². The predicted octanol–water partition coefficient (Wildman–Crippen LogP) is 4.56. The zero-order chi connectivity index (χ0) is 19.9. The fourth-order valence-corrected chi connectivity index (χ4v) is 2.55. The number of para-hydroxylation sites is 1. The molecule has 0 fully saturated rings. The number of hydrogen-bond acceptors (Lipinski definition) is 5. The molecule has 3 rings (SSSR count). The fourth-order valence-electron chi connectivity index (χ4n) is 2.22. The van der Waals surface area contributed by atoms with Crippen molar-refractivity contribution in [3.63, 3.8) is 0 Å². The van der Waals surface area contributed by atoms with E-state index in [2.05, 4.69) is 21.2 Å². The van der Waals surface area contributed by atoms with E-state index in [0.717, 1.165) is 0 Å². The Labute approximate surface area is 168 Å². The van der Waals surface area contributed by atoms with E-state index in [1.165, 1.54) is 18.2 Å². The quantitative estimate of drug-likeness (QED) is 0.537. The molecule has 1 N–H and O–H groups in total. The topological polar surface area (TPSA) is 77.8 Å². The number of anilines is 1. The summed E-state index contributed by atoms with van der Waals surface area (Å²) < 4.78 is 30.0. The van der Waals surface area contributed by atoms with Crippen LogP contribution in [0.15, 0.2) is 69.6 Å². The van der Waals surface area contributed by atoms with Crippen molar-refractivity contribution >= 4 is 33.5 Å². The summed E-state index contributed by atoms with van der Waals surface area (Å²) in [6, 6.07) is 16.3. The van der Waals surface area contributed by atoms with Crippen LogP contribution in [0.3, 0.4) is 0 Å². The highest BCUT2D eigenvalue weighted by molar-refractivity contribution is 9.10. The summed E-state index contributed by atoms with van der Waals surface area (Å²) in [5, 5.41) is 2.33. The van der Waals surface area contributed by atoms with E-state index in [4.69, 9.17) is 13.9 Å². The van der Waals surface area contributed by atoms with Crippen LogP contribution in [0.2, 0.25) is 0 Å². The minimum absolute atomic E-state index is 0.0115. The third kappa shape index (κ3) is 5.43. The van der Waals surface area contributed by atoms with Crippen LogP contribution < -0.4 is 10.1 Å². The molecular weight excluding hydrogens is 433 g/mol. The Hall–Kier alpha value is -3.13. The molecule has 0 unspecified atom stereocenters. The summed E-state index contributed by atoms with van der Waals surface area (Å²) in [6.07, 6.45) is 0. The summed E-state index contributed by atoms with van der Waals surface area (Å²) in [5.41, 5.74) is -0.0115. The molecule has 1 aromatic heterocycles. The summed E-state index contributed by atoms with van der Waals surface area (Å²) >= 11 is 3.12. The Balaban J connectivity index is 1.48. The number of ether oxygens (including phenoxy) is 2. The highest BCUT2D eigenvalue weighted by Gasteiger charge is 2.16. The molecule has 0 radical (unpaired) electrons. The van der Waals surface area contributed by atoms with Crippen LogP contribution in [0.4, 0.5) is 10.1 Å². The summed E-state index contributed by atoms with van der Waals surface area (Å²) in [5.74, 6) is -1.05. The van der Waals surface area contributed by atoms with Gasteiger partial charge in [-0.15, -0.1) is 0 Å². The Morgan fingerprint density at radius 1 is 1.07 bits per heavy atom. The van der Waals surface area contributed by atoms with Crippen LogP contribution in [-0.4, -0.2) is 18.5 Å². The van der Waals surface area contributed by atoms with Gasteiger partial charge >= 0.3 is 5.97 Å². The van der Waals surface area contributed by atoms with Crippen molar-refractivity contribution in [2.24, 2.45) is 0 Å². The van der Waals surface area contributed by atoms with Crippen molar-refractivity contribution < 1.29 is 27.9 Å². The number of rotatable bonds is 7. The van der Waals surface area contributed by atoms with Gasteiger partial charge in [-0.2, -0.15) is 0 Å². The lowest BCUT2D eigenvalue weighted by molar-refractivity contribution is -0.119. The number of nitrogens with one attached hydrogen (secondary N) is 1. The standard InChI is InChI=1S/C20H15BrFNO5/c21-13-6-8-17(16(22)10-13)23-19(24)12-27-20(25)18-9-7-15(28-18)11-26-14-4-2-1-3-5-14/h1-10H,11-12H2,(H,23,24). The van der Waals surface area contributed by atoms with Gasteiger partial charge in [0, 0.05) is 4.47 Å². The van der Waals surface area contributed by atoms with Crippen molar-refractivity contribution in [2.45, 2.75) is 6.61 Å². The van der Waals surface area contributed by atoms with Gasteiger partial charge in [0.1, 0.15) is 23.9 Å². The van der Waals surface area contributed by atoms with Crippen LogP contribution in [0.1, 0.15) is 16.3 Å². The molecule has 8 heteroatoms. The molecule has 3 aromatic rings. The average molecular weight is 448 g/mol. The maximum Gasteiger partial charge on any atom is 0.374 e. The van der Waals surface area contributed by atoms with Crippen LogP contribution >= 0.6 is 15.9 Å². The van der Waals surface area contributed by atoms with E-state index in [1.54, 1.807) is 24.3 Å². The van der Waals surface area contributed by atoms with Gasteiger partial charge in [0.15, 0.2) is 6.61 Å².